The van der Waals surface area contributed by atoms with E-state index in [4.69, 9.17) is 15.3 Å². The van der Waals surface area contributed by atoms with E-state index in [1.54, 1.807) is 0 Å². The molecule has 0 saturated carbocycles. The fraction of sp³-hybridized carbons (Fsp3) is 0. The van der Waals surface area contributed by atoms with Gasteiger partial charge in [-0.1, -0.05) is 6.58 Å². The van der Waals surface area contributed by atoms with Crippen molar-refractivity contribution in [2.45, 2.75) is 0 Å². The Bertz CT molecular complexity index is 229. The van der Waals surface area contributed by atoms with E-state index >= 15 is 0 Å². The predicted molar refractivity (Wildman–Crippen MR) is 50.8 cm³/mol. The van der Waals surface area contributed by atoms with Gasteiger partial charge in [0.15, 0.2) is 0 Å². The molecule has 0 unspecified atom stereocenters. The van der Waals surface area contributed by atoms with E-state index in [1.165, 1.54) is 0 Å². The average molecular weight is 230 g/mol. The van der Waals surface area contributed by atoms with Gasteiger partial charge in [0.1, 0.15) is 0 Å². The van der Waals surface area contributed by atoms with Gasteiger partial charge in [-0.25, -0.2) is 14.4 Å². The molecule has 0 rings (SSSR count). The van der Waals surface area contributed by atoms with E-state index in [9.17, 15) is 14.4 Å². The molecule has 0 amide bonds. The third-order valence-electron chi connectivity index (χ3n) is 0.543. The van der Waals surface area contributed by atoms with Crippen LogP contribution in [0.3, 0.4) is 0 Å². The van der Waals surface area contributed by atoms with Crippen LogP contribution in [0.25, 0.3) is 0 Å². The van der Waals surface area contributed by atoms with Crippen molar-refractivity contribution in [2.75, 3.05) is 0 Å². The molecule has 0 aromatic heterocycles. The zero-order valence-corrected chi connectivity index (χ0v) is 6.51. The zero-order valence-electron chi connectivity index (χ0n) is 6.51. The number of aliphatic carboxylic acids is 3. The van der Waals surface area contributed by atoms with Gasteiger partial charge in [0.05, 0.1) is 0 Å². The van der Waals surface area contributed by atoms with Crippen molar-refractivity contribution in [3.05, 3.63) is 24.8 Å². The van der Waals surface area contributed by atoms with Crippen LogP contribution in [0, 0.1) is 0 Å². The molecule has 76 valence electrons. The Morgan fingerprint density at radius 3 is 1.14 bits per heavy atom. The van der Waals surface area contributed by atoms with Crippen molar-refractivity contribution in [3.63, 3.8) is 0 Å². The molecule has 0 spiro atoms. The Morgan fingerprint density at radius 1 is 0.857 bits per heavy atom. The molecule has 3 N–H and O–H groups in total. The SMILES string of the molecule is C=CC(=O)O.O=C(O)/C=C\C(=O)O.[CaH2]. The molecule has 0 heterocycles. The normalized spacial score (nSPS) is 7.71. The second kappa shape index (κ2) is 12.1. The molecule has 0 aliphatic carbocycles. The fourth-order valence-electron chi connectivity index (χ4n) is 0.143. The van der Waals surface area contributed by atoms with Gasteiger partial charge in [0.25, 0.3) is 0 Å². The maximum atomic E-state index is 9.55. The van der Waals surface area contributed by atoms with E-state index in [2.05, 4.69) is 6.58 Å². The number of rotatable bonds is 3. The molecular weight excluding hydrogens is 220 g/mol. The van der Waals surface area contributed by atoms with E-state index in [1.807, 2.05) is 0 Å². The van der Waals surface area contributed by atoms with Gasteiger partial charge in [-0.2, -0.15) is 0 Å². The average Bonchev–Trinajstić information content (AvgIpc) is 2.02. The molecule has 0 fully saturated rings. The Labute approximate surface area is 110 Å². The molecule has 0 aliphatic heterocycles. The summed E-state index contributed by atoms with van der Waals surface area (Å²) in [5.41, 5.74) is 0. The second-order valence-electron chi connectivity index (χ2n) is 1.55. The molecule has 14 heavy (non-hydrogen) atoms. The first kappa shape index (κ1) is 18.8. The summed E-state index contributed by atoms with van der Waals surface area (Å²) < 4.78 is 0. The van der Waals surface area contributed by atoms with Crippen LogP contribution in [-0.2, 0) is 14.4 Å². The summed E-state index contributed by atoms with van der Waals surface area (Å²) in [4.78, 5) is 28.4. The van der Waals surface area contributed by atoms with Crippen molar-refractivity contribution in [1.82, 2.24) is 0 Å². The summed E-state index contributed by atoms with van der Waals surface area (Å²) in [6.45, 7) is 2.96. The Hall–Kier alpha value is -0.850. The number of hydrogen-bond donors (Lipinski definition) is 3. The minimum atomic E-state index is -1.26. The summed E-state index contributed by atoms with van der Waals surface area (Å²) in [7, 11) is 0. The van der Waals surface area contributed by atoms with Gasteiger partial charge in [-0.3, -0.25) is 0 Å². The maximum absolute atomic E-state index is 9.55. The van der Waals surface area contributed by atoms with E-state index in [0.717, 1.165) is 6.08 Å². The van der Waals surface area contributed by atoms with Crippen LogP contribution >= 0.6 is 0 Å². The molecule has 7 heteroatoms. The summed E-state index contributed by atoms with van der Waals surface area (Å²) in [6.07, 6.45) is 1.95. The zero-order chi connectivity index (χ0) is 10.9. The summed E-state index contributed by atoms with van der Waals surface area (Å²) in [5, 5.41) is 23.2. The Kier molecular flexibility index (Phi) is 16.4. The number of carboxylic acids is 3. The monoisotopic (exact) mass is 230 g/mol. The third kappa shape index (κ3) is 30.4. The molecule has 0 atom stereocenters. The van der Waals surface area contributed by atoms with E-state index in [0.29, 0.717) is 12.2 Å². The van der Waals surface area contributed by atoms with Crippen LogP contribution in [0.1, 0.15) is 0 Å². The van der Waals surface area contributed by atoms with Crippen LogP contribution in [0.2, 0.25) is 0 Å². The van der Waals surface area contributed by atoms with Crippen molar-refractivity contribution in [2.24, 2.45) is 0 Å². The quantitative estimate of drug-likeness (QED) is 0.426. The van der Waals surface area contributed by atoms with Crippen molar-refractivity contribution < 1.29 is 29.7 Å². The molecule has 0 saturated heterocycles. The summed E-state index contributed by atoms with van der Waals surface area (Å²) in [5.74, 6) is -3.50. The molecule has 0 radical (unpaired) electrons. The number of carboxylic acid groups (broad SMARTS) is 3. The molecule has 0 aromatic rings. The first-order chi connectivity index (χ1) is 5.90. The predicted octanol–water partition coefficient (Wildman–Crippen LogP) is -0.947. The van der Waals surface area contributed by atoms with Gasteiger partial charge < -0.3 is 15.3 Å². The van der Waals surface area contributed by atoms with Crippen LogP contribution in [0.4, 0.5) is 0 Å². The Balaban J connectivity index is -0.000000177. The first-order valence-corrected chi connectivity index (χ1v) is 2.89. The fourth-order valence-corrected chi connectivity index (χ4v) is 0.143. The Morgan fingerprint density at radius 2 is 1.07 bits per heavy atom. The van der Waals surface area contributed by atoms with Gasteiger partial charge in [0, 0.05) is 18.2 Å². The van der Waals surface area contributed by atoms with E-state index < -0.39 is 17.9 Å². The molecule has 6 nitrogen and oxygen atoms in total. The summed E-state index contributed by atoms with van der Waals surface area (Å²) >= 11 is 0. The van der Waals surface area contributed by atoms with Crippen molar-refractivity contribution in [3.8, 4) is 0 Å². The molecule has 0 bridgehead atoms. The summed E-state index contributed by atoms with van der Waals surface area (Å²) in [6, 6.07) is 0. The van der Waals surface area contributed by atoms with Crippen molar-refractivity contribution >= 4 is 55.6 Å². The molecule has 0 aliphatic rings. The van der Waals surface area contributed by atoms with E-state index in [-0.39, 0.29) is 37.7 Å². The standard InChI is InChI=1S/C4H4O4.C3H4O2.Ca.2H/c5-3(6)1-2-4(7)8;1-2-3(4)5;;;/h1-2H,(H,5,6)(H,7,8);2H,1H2,(H,4,5);;;/b2-1-;;;;. The van der Waals surface area contributed by atoms with Crippen LogP contribution in [0.5, 0.6) is 0 Å². The topological polar surface area (TPSA) is 112 Å². The third-order valence-corrected chi connectivity index (χ3v) is 0.543. The van der Waals surface area contributed by atoms with Crippen LogP contribution in [0.15, 0.2) is 24.8 Å². The van der Waals surface area contributed by atoms with Gasteiger partial charge in [-0.15, -0.1) is 0 Å². The number of carbonyl (C=O) groups is 3. The van der Waals surface area contributed by atoms with Crippen LogP contribution < -0.4 is 0 Å². The van der Waals surface area contributed by atoms with Crippen molar-refractivity contribution in [1.29, 1.82) is 0 Å². The van der Waals surface area contributed by atoms with Gasteiger partial charge in [-0.05, 0) is 0 Å². The molecular formula is C7H10CaO6. The second-order valence-corrected chi connectivity index (χ2v) is 1.55. The van der Waals surface area contributed by atoms with Gasteiger partial charge >= 0.3 is 55.6 Å². The van der Waals surface area contributed by atoms with Crippen LogP contribution in [-0.4, -0.2) is 71.0 Å². The number of hydrogen-bond acceptors (Lipinski definition) is 3. The molecule has 0 aromatic carbocycles. The van der Waals surface area contributed by atoms with Gasteiger partial charge in [0.2, 0.25) is 0 Å². The minimum absolute atomic E-state index is 0. The first-order valence-electron chi connectivity index (χ1n) is 2.89.